The molecule has 1 saturated heterocycles. The molecule has 1 aromatic rings. The third kappa shape index (κ3) is 3.30. The summed E-state index contributed by atoms with van der Waals surface area (Å²) in [5, 5.41) is 12.0. The van der Waals surface area contributed by atoms with Crippen LogP contribution in [0.1, 0.15) is 19.8 Å². The predicted octanol–water partition coefficient (Wildman–Crippen LogP) is 1.15. The lowest BCUT2D eigenvalue weighted by atomic mass is 10.2. The summed E-state index contributed by atoms with van der Waals surface area (Å²) in [5.41, 5.74) is 6.73. The molecule has 1 aliphatic heterocycles. The highest BCUT2D eigenvalue weighted by atomic mass is 16.5. The topological polar surface area (TPSA) is 105 Å². The molecule has 0 radical (unpaired) electrons. The van der Waals surface area contributed by atoms with Gasteiger partial charge in [0.1, 0.15) is 11.8 Å². The molecule has 4 N–H and O–H groups in total. The summed E-state index contributed by atoms with van der Waals surface area (Å²) in [7, 11) is 1.49. The molecular weight excluding hydrogens is 286 g/mol. The molecule has 2 unspecified atom stereocenters. The maximum absolute atomic E-state index is 12.4. The van der Waals surface area contributed by atoms with Crippen molar-refractivity contribution in [3.8, 4) is 5.75 Å². The first-order chi connectivity index (χ1) is 10.4. The first-order valence-corrected chi connectivity index (χ1v) is 7.17. The van der Waals surface area contributed by atoms with Gasteiger partial charge < -0.3 is 20.9 Å². The molecule has 1 aromatic carbocycles. The van der Waals surface area contributed by atoms with Gasteiger partial charge in [0.25, 0.3) is 0 Å². The fraction of sp³-hybridized carbons (Fsp3) is 0.467. The van der Waals surface area contributed by atoms with Crippen LogP contribution in [0.3, 0.4) is 0 Å². The minimum absolute atomic E-state index is 0.267. The van der Waals surface area contributed by atoms with Crippen molar-refractivity contribution in [1.82, 2.24) is 4.90 Å². The molecule has 7 heteroatoms. The molecule has 0 aromatic heterocycles. The number of likely N-dealkylation sites (tertiary alicyclic amines) is 1. The van der Waals surface area contributed by atoms with E-state index in [1.807, 2.05) is 0 Å². The number of nitrogens with zero attached hydrogens (tertiary/aromatic N) is 1. The Labute approximate surface area is 129 Å². The number of nitrogens with one attached hydrogen (secondary N) is 1. The number of benzene rings is 1. The van der Waals surface area contributed by atoms with Gasteiger partial charge in [0, 0.05) is 11.8 Å². The van der Waals surface area contributed by atoms with E-state index in [4.69, 9.17) is 10.5 Å². The van der Waals surface area contributed by atoms with Gasteiger partial charge in [-0.2, -0.15) is 0 Å². The Morgan fingerprint density at radius 3 is 2.86 bits per heavy atom. The van der Waals surface area contributed by atoms with Crippen molar-refractivity contribution in [3.05, 3.63) is 18.2 Å². The highest BCUT2D eigenvalue weighted by Crippen LogP contribution is 2.27. The van der Waals surface area contributed by atoms with Gasteiger partial charge in [-0.1, -0.05) is 0 Å². The van der Waals surface area contributed by atoms with Crippen LogP contribution in [0, 0.1) is 0 Å². The number of nitrogen functional groups attached to an aromatic ring is 1. The van der Waals surface area contributed by atoms with E-state index in [0.29, 0.717) is 30.1 Å². The molecule has 1 heterocycles. The molecule has 1 fully saturated rings. The number of nitrogens with two attached hydrogens (primary N) is 1. The van der Waals surface area contributed by atoms with Gasteiger partial charge in [-0.3, -0.25) is 14.5 Å². The van der Waals surface area contributed by atoms with Crippen molar-refractivity contribution in [2.24, 2.45) is 0 Å². The van der Waals surface area contributed by atoms with Crippen LogP contribution in [-0.4, -0.2) is 47.6 Å². The number of anilines is 2. The SMILES string of the molecule is COc1cc(N)ccc1NC(=O)C(C)N1CCCC1C(=O)O. The largest absolute Gasteiger partial charge is 0.494 e. The molecule has 0 spiro atoms. The van der Waals surface area contributed by atoms with Gasteiger partial charge in [-0.15, -0.1) is 0 Å². The lowest BCUT2D eigenvalue weighted by Crippen LogP contribution is -2.47. The number of carboxylic acids is 1. The van der Waals surface area contributed by atoms with Crippen LogP contribution >= 0.6 is 0 Å². The van der Waals surface area contributed by atoms with Gasteiger partial charge in [0.05, 0.1) is 18.8 Å². The summed E-state index contributed by atoms with van der Waals surface area (Å²) in [6, 6.07) is 3.81. The number of aliphatic carboxylic acids is 1. The Bertz CT molecular complexity index is 576. The van der Waals surface area contributed by atoms with Gasteiger partial charge >= 0.3 is 5.97 Å². The van der Waals surface area contributed by atoms with Crippen molar-refractivity contribution < 1.29 is 19.4 Å². The number of carbonyl (C=O) groups excluding carboxylic acids is 1. The average Bonchev–Trinajstić information content (AvgIpc) is 2.97. The Morgan fingerprint density at radius 2 is 2.23 bits per heavy atom. The summed E-state index contributed by atoms with van der Waals surface area (Å²) in [6.45, 7) is 2.31. The third-order valence-electron chi connectivity index (χ3n) is 3.94. The number of hydrogen-bond acceptors (Lipinski definition) is 5. The number of rotatable bonds is 5. The average molecular weight is 307 g/mol. The lowest BCUT2D eigenvalue weighted by molar-refractivity contribution is -0.143. The molecule has 2 rings (SSSR count). The maximum Gasteiger partial charge on any atom is 0.320 e. The third-order valence-corrected chi connectivity index (χ3v) is 3.94. The van der Waals surface area contributed by atoms with E-state index in [1.165, 1.54) is 7.11 Å². The molecule has 1 amide bonds. The smallest absolute Gasteiger partial charge is 0.320 e. The summed E-state index contributed by atoms with van der Waals surface area (Å²) in [4.78, 5) is 25.3. The molecular formula is C15H21N3O4. The minimum atomic E-state index is -0.887. The molecule has 7 nitrogen and oxygen atoms in total. The zero-order chi connectivity index (χ0) is 16.3. The second-order valence-corrected chi connectivity index (χ2v) is 5.36. The molecule has 0 saturated carbocycles. The normalized spacial score (nSPS) is 19.6. The summed E-state index contributed by atoms with van der Waals surface area (Å²) < 4.78 is 5.19. The standard InChI is InChI=1S/C15H21N3O4/c1-9(18-7-3-4-12(18)15(20)21)14(19)17-11-6-5-10(16)8-13(11)22-2/h5-6,8-9,12H,3-4,7,16H2,1-2H3,(H,17,19)(H,20,21). The maximum atomic E-state index is 12.4. The van der Waals surface area contributed by atoms with Crippen molar-refractivity contribution >= 4 is 23.3 Å². The van der Waals surface area contributed by atoms with Gasteiger partial charge in [-0.05, 0) is 38.4 Å². The molecule has 22 heavy (non-hydrogen) atoms. The number of carbonyl (C=O) groups is 2. The fourth-order valence-electron chi connectivity index (χ4n) is 2.72. The Balaban J connectivity index is 2.10. The second-order valence-electron chi connectivity index (χ2n) is 5.36. The van der Waals surface area contributed by atoms with Crippen LogP contribution in [-0.2, 0) is 9.59 Å². The zero-order valence-corrected chi connectivity index (χ0v) is 12.7. The zero-order valence-electron chi connectivity index (χ0n) is 12.7. The number of methoxy groups -OCH3 is 1. The van der Waals surface area contributed by atoms with Crippen LogP contribution in [0.5, 0.6) is 5.75 Å². The highest BCUT2D eigenvalue weighted by molar-refractivity contribution is 5.96. The van der Waals surface area contributed by atoms with E-state index in [1.54, 1.807) is 30.0 Å². The van der Waals surface area contributed by atoms with Crippen LogP contribution < -0.4 is 15.8 Å². The Kier molecular flexibility index (Phi) is 4.87. The summed E-state index contributed by atoms with van der Waals surface area (Å²) >= 11 is 0. The number of amides is 1. The first kappa shape index (κ1) is 16.1. The lowest BCUT2D eigenvalue weighted by Gasteiger charge is -2.27. The number of ether oxygens (including phenoxy) is 1. The Morgan fingerprint density at radius 1 is 1.50 bits per heavy atom. The van der Waals surface area contributed by atoms with Crippen molar-refractivity contribution in [2.45, 2.75) is 31.8 Å². The molecule has 0 bridgehead atoms. The van der Waals surface area contributed by atoms with Crippen LogP contribution in [0.2, 0.25) is 0 Å². The molecule has 2 atom stereocenters. The van der Waals surface area contributed by atoms with E-state index in [9.17, 15) is 14.7 Å². The monoisotopic (exact) mass is 307 g/mol. The quantitative estimate of drug-likeness (QED) is 0.705. The fourth-order valence-corrected chi connectivity index (χ4v) is 2.72. The van der Waals surface area contributed by atoms with E-state index < -0.39 is 18.1 Å². The van der Waals surface area contributed by atoms with Crippen LogP contribution in [0.25, 0.3) is 0 Å². The van der Waals surface area contributed by atoms with Crippen molar-refractivity contribution in [1.29, 1.82) is 0 Å². The molecule has 1 aliphatic rings. The van der Waals surface area contributed by atoms with Gasteiger partial charge in [0.15, 0.2) is 0 Å². The molecule has 0 aliphatic carbocycles. The van der Waals surface area contributed by atoms with E-state index in [0.717, 1.165) is 6.42 Å². The summed E-state index contributed by atoms with van der Waals surface area (Å²) in [5.74, 6) is -0.685. The second kappa shape index (κ2) is 6.65. The van der Waals surface area contributed by atoms with E-state index >= 15 is 0 Å². The van der Waals surface area contributed by atoms with Gasteiger partial charge in [0.2, 0.25) is 5.91 Å². The van der Waals surface area contributed by atoms with Gasteiger partial charge in [-0.25, -0.2) is 0 Å². The van der Waals surface area contributed by atoms with Crippen LogP contribution in [0.15, 0.2) is 18.2 Å². The first-order valence-electron chi connectivity index (χ1n) is 7.17. The Hall–Kier alpha value is -2.28. The number of hydrogen-bond donors (Lipinski definition) is 3. The predicted molar refractivity (Wildman–Crippen MR) is 82.9 cm³/mol. The van der Waals surface area contributed by atoms with Crippen molar-refractivity contribution in [2.75, 3.05) is 24.7 Å². The van der Waals surface area contributed by atoms with Crippen molar-refractivity contribution in [3.63, 3.8) is 0 Å². The number of carboxylic acid groups (broad SMARTS) is 1. The minimum Gasteiger partial charge on any atom is -0.494 e. The van der Waals surface area contributed by atoms with E-state index in [-0.39, 0.29) is 5.91 Å². The summed E-state index contributed by atoms with van der Waals surface area (Å²) in [6.07, 6.45) is 1.35. The molecule has 120 valence electrons. The van der Waals surface area contributed by atoms with E-state index in [2.05, 4.69) is 5.32 Å². The highest BCUT2D eigenvalue weighted by Gasteiger charge is 2.36. The van der Waals surface area contributed by atoms with Crippen LogP contribution in [0.4, 0.5) is 11.4 Å².